The summed E-state index contributed by atoms with van der Waals surface area (Å²) in [5.74, 6) is 0.605. The lowest BCUT2D eigenvalue weighted by atomic mass is 9.98. The van der Waals surface area contributed by atoms with E-state index in [-0.39, 0.29) is 5.91 Å². The molecule has 0 bridgehead atoms. The summed E-state index contributed by atoms with van der Waals surface area (Å²) in [5, 5.41) is 14.9. The normalized spacial score (nSPS) is 14.5. The third-order valence-corrected chi connectivity index (χ3v) is 2.57. The molecule has 0 aromatic rings. The molecule has 0 aliphatic carbocycles. The molecular weight excluding hydrogens is 204 g/mol. The summed E-state index contributed by atoms with van der Waals surface area (Å²) < 4.78 is 0. The molecule has 0 heterocycles. The van der Waals surface area contributed by atoms with Crippen LogP contribution in [0.4, 0.5) is 0 Å². The highest BCUT2D eigenvalue weighted by Gasteiger charge is 2.08. The molecule has 0 saturated carbocycles. The van der Waals surface area contributed by atoms with E-state index in [0.29, 0.717) is 5.92 Å². The minimum atomic E-state index is -0.431. The Morgan fingerprint density at radius 2 is 2.06 bits per heavy atom. The first-order chi connectivity index (χ1) is 7.56. The molecule has 0 aliphatic rings. The molecule has 2 unspecified atom stereocenters. The van der Waals surface area contributed by atoms with Crippen LogP contribution in [-0.2, 0) is 4.79 Å². The van der Waals surface area contributed by atoms with Crippen molar-refractivity contribution in [1.29, 1.82) is 0 Å². The number of hydrogen-bond donors (Lipinski definition) is 3. The highest BCUT2D eigenvalue weighted by Crippen LogP contribution is 2.12. The molecule has 0 fully saturated rings. The molecule has 2 atom stereocenters. The van der Waals surface area contributed by atoms with Gasteiger partial charge in [-0.25, -0.2) is 0 Å². The Morgan fingerprint density at radius 3 is 2.56 bits per heavy atom. The van der Waals surface area contributed by atoms with E-state index in [9.17, 15) is 4.79 Å². The van der Waals surface area contributed by atoms with Gasteiger partial charge in [-0.2, -0.15) is 0 Å². The summed E-state index contributed by atoms with van der Waals surface area (Å²) in [4.78, 5) is 10.8. The smallest absolute Gasteiger partial charge is 0.216 e. The van der Waals surface area contributed by atoms with Crippen molar-refractivity contribution in [1.82, 2.24) is 10.6 Å². The molecule has 96 valence electrons. The summed E-state index contributed by atoms with van der Waals surface area (Å²) in [6.45, 7) is 7.05. The molecule has 16 heavy (non-hydrogen) atoms. The van der Waals surface area contributed by atoms with E-state index in [1.165, 1.54) is 0 Å². The zero-order chi connectivity index (χ0) is 12.4. The van der Waals surface area contributed by atoms with Crippen LogP contribution in [-0.4, -0.2) is 30.3 Å². The van der Waals surface area contributed by atoms with Gasteiger partial charge < -0.3 is 10.4 Å². The van der Waals surface area contributed by atoms with Crippen LogP contribution in [0.3, 0.4) is 0 Å². The van der Waals surface area contributed by atoms with Crippen molar-refractivity contribution in [2.75, 3.05) is 13.1 Å². The van der Waals surface area contributed by atoms with Gasteiger partial charge in [-0.05, 0) is 38.6 Å². The minimum absolute atomic E-state index is 0.0446. The first-order valence-corrected chi connectivity index (χ1v) is 6.22. The third kappa shape index (κ3) is 9.93. The molecule has 0 aromatic carbocycles. The zero-order valence-corrected chi connectivity index (χ0v) is 10.8. The standard InChI is InChI=1S/C12H26N2O2/c1-4-6-12(9-14-11(3)16)7-5-8-13-10(2)15/h10,12-13,15H,4-9H2,1-3H3,(H,14,16). The molecule has 0 aromatic heterocycles. The maximum absolute atomic E-state index is 10.8. The number of aliphatic hydroxyl groups excluding tert-OH is 1. The lowest BCUT2D eigenvalue weighted by Crippen LogP contribution is -2.29. The number of aliphatic hydroxyl groups is 1. The third-order valence-electron chi connectivity index (χ3n) is 2.57. The van der Waals surface area contributed by atoms with Crippen molar-refractivity contribution < 1.29 is 9.90 Å². The fourth-order valence-electron chi connectivity index (χ4n) is 1.75. The predicted octanol–water partition coefficient (Wildman–Crippen LogP) is 1.25. The number of nitrogens with one attached hydrogen (secondary N) is 2. The fourth-order valence-corrected chi connectivity index (χ4v) is 1.75. The van der Waals surface area contributed by atoms with Crippen LogP contribution in [0.5, 0.6) is 0 Å². The second-order valence-corrected chi connectivity index (χ2v) is 4.36. The summed E-state index contributed by atoms with van der Waals surface area (Å²) >= 11 is 0. The molecule has 0 saturated heterocycles. The van der Waals surface area contributed by atoms with Crippen LogP contribution < -0.4 is 10.6 Å². The number of hydrogen-bond acceptors (Lipinski definition) is 3. The van der Waals surface area contributed by atoms with E-state index >= 15 is 0 Å². The molecule has 0 rings (SSSR count). The van der Waals surface area contributed by atoms with Crippen molar-refractivity contribution in [3.8, 4) is 0 Å². The predicted molar refractivity (Wildman–Crippen MR) is 66.0 cm³/mol. The van der Waals surface area contributed by atoms with Gasteiger partial charge in [-0.3, -0.25) is 10.1 Å². The van der Waals surface area contributed by atoms with Crippen LogP contribution >= 0.6 is 0 Å². The Balaban J connectivity index is 3.63. The first-order valence-electron chi connectivity index (χ1n) is 6.22. The van der Waals surface area contributed by atoms with Gasteiger partial charge in [0.2, 0.25) is 5.91 Å². The Hall–Kier alpha value is -0.610. The number of carbonyl (C=O) groups is 1. The van der Waals surface area contributed by atoms with E-state index < -0.39 is 6.23 Å². The van der Waals surface area contributed by atoms with E-state index in [1.807, 2.05) is 0 Å². The molecule has 0 radical (unpaired) electrons. The minimum Gasteiger partial charge on any atom is -0.379 e. The molecular formula is C12H26N2O2. The highest BCUT2D eigenvalue weighted by atomic mass is 16.3. The molecule has 4 heteroatoms. The van der Waals surface area contributed by atoms with Crippen LogP contribution in [0, 0.1) is 5.92 Å². The van der Waals surface area contributed by atoms with E-state index in [0.717, 1.165) is 38.8 Å². The van der Waals surface area contributed by atoms with Gasteiger partial charge in [0.25, 0.3) is 0 Å². The van der Waals surface area contributed by atoms with Crippen LogP contribution in [0.2, 0.25) is 0 Å². The highest BCUT2D eigenvalue weighted by molar-refractivity contribution is 5.72. The maximum Gasteiger partial charge on any atom is 0.216 e. The molecule has 1 amide bonds. The lowest BCUT2D eigenvalue weighted by Gasteiger charge is -2.16. The molecule has 0 aliphatic heterocycles. The second-order valence-electron chi connectivity index (χ2n) is 4.36. The van der Waals surface area contributed by atoms with Crippen molar-refractivity contribution in [3.63, 3.8) is 0 Å². The van der Waals surface area contributed by atoms with Crippen molar-refractivity contribution >= 4 is 5.91 Å². The van der Waals surface area contributed by atoms with Crippen molar-refractivity contribution in [2.24, 2.45) is 5.92 Å². The average Bonchev–Trinajstić information content (AvgIpc) is 2.20. The van der Waals surface area contributed by atoms with Crippen molar-refractivity contribution in [3.05, 3.63) is 0 Å². The lowest BCUT2D eigenvalue weighted by molar-refractivity contribution is -0.119. The Kier molecular flexibility index (Phi) is 9.24. The summed E-state index contributed by atoms with van der Waals surface area (Å²) in [6, 6.07) is 0. The van der Waals surface area contributed by atoms with Gasteiger partial charge >= 0.3 is 0 Å². The van der Waals surface area contributed by atoms with E-state index in [4.69, 9.17) is 5.11 Å². The number of carbonyl (C=O) groups excluding carboxylic acids is 1. The number of rotatable bonds is 9. The Morgan fingerprint density at radius 1 is 1.38 bits per heavy atom. The summed E-state index contributed by atoms with van der Waals surface area (Å²) in [5.41, 5.74) is 0. The average molecular weight is 230 g/mol. The van der Waals surface area contributed by atoms with Gasteiger partial charge in [-0.1, -0.05) is 13.3 Å². The molecule has 3 N–H and O–H groups in total. The van der Waals surface area contributed by atoms with Gasteiger partial charge in [-0.15, -0.1) is 0 Å². The van der Waals surface area contributed by atoms with Gasteiger partial charge in [0.1, 0.15) is 6.23 Å². The topological polar surface area (TPSA) is 61.4 Å². The molecule has 0 spiro atoms. The van der Waals surface area contributed by atoms with Crippen LogP contribution in [0.1, 0.15) is 46.5 Å². The van der Waals surface area contributed by atoms with E-state index in [1.54, 1.807) is 13.8 Å². The van der Waals surface area contributed by atoms with Crippen LogP contribution in [0.15, 0.2) is 0 Å². The largest absolute Gasteiger partial charge is 0.379 e. The zero-order valence-electron chi connectivity index (χ0n) is 10.8. The van der Waals surface area contributed by atoms with Gasteiger partial charge in [0.15, 0.2) is 0 Å². The number of amides is 1. The van der Waals surface area contributed by atoms with Gasteiger partial charge in [0.05, 0.1) is 0 Å². The Bertz CT molecular complexity index is 184. The van der Waals surface area contributed by atoms with Gasteiger partial charge in [0, 0.05) is 13.5 Å². The SMILES string of the molecule is CCCC(CCCNC(C)O)CNC(C)=O. The van der Waals surface area contributed by atoms with Crippen LogP contribution in [0.25, 0.3) is 0 Å². The second kappa shape index (κ2) is 9.60. The van der Waals surface area contributed by atoms with Crippen molar-refractivity contribution in [2.45, 2.75) is 52.7 Å². The monoisotopic (exact) mass is 230 g/mol. The fraction of sp³-hybridized carbons (Fsp3) is 0.917. The Labute approximate surface area is 98.8 Å². The van der Waals surface area contributed by atoms with E-state index in [2.05, 4.69) is 17.6 Å². The quantitative estimate of drug-likeness (QED) is 0.412. The maximum atomic E-state index is 10.8. The summed E-state index contributed by atoms with van der Waals surface area (Å²) in [6.07, 6.45) is 3.99. The first kappa shape index (κ1) is 15.4. The summed E-state index contributed by atoms with van der Waals surface area (Å²) in [7, 11) is 0. The molecule has 4 nitrogen and oxygen atoms in total.